The van der Waals surface area contributed by atoms with Crippen molar-refractivity contribution >= 4 is 11.9 Å². The summed E-state index contributed by atoms with van der Waals surface area (Å²) in [5, 5.41) is 2.70. The maximum atomic E-state index is 11.7. The number of ether oxygens (including phenoxy) is 1. The lowest BCUT2D eigenvalue weighted by atomic mass is 10.1. The molecule has 0 aliphatic rings. The Labute approximate surface area is 101 Å². The van der Waals surface area contributed by atoms with Crippen molar-refractivity contribution in [3.8, 4) is 0 Å². The number of esters is 1. The number of benzene rings is 1. The molecule has 0 aliphatic heterocycles. The normalized spacial score (nSPS) is 11.6. The molecule has 1 rings (SSSR count). The van der Waals surface area contributed by atoms with Crippen LogP contribution in [0.2, 0.25) is 0 Å². The topological polar surface area (TPSA) is 55.4 Å². The van der Waals surface area contributed by atoms with Crippen LogP contribution < -0.4 is 5.32 Å². The van der Waals surface area contributed by atoms with Crippen LogP contribution in [0.3, 0.4) is 0 Å². The van der Waals surface area contributed by atoms with Crippen LogP contribution >= 0.6 is 0 Å². The molecule has 0 aromatic heterocycles. The van der Waals surface area contributed by atoms with Crippen molar-refractivity contribution in [3.05, 3.63) is 35.9 Å². The molecular weight excluding hydrogens is 218 g/mol. The SMILES string of the molecule is CCOC(=O)C(C)CNC(=O)c1ccccc1. The number of carbonyl (C=O) groups excluding carboxylic acids is 2. The lowest BCUT2D eigenvalue weighted by molar-refractivity contribution is -0.147. The van der Waals surface area contributed by atoms with Crippen LogP contribution in [-0.2, 0) is 9.53 Å². The Hall–Kier alpha value is -1.84. The largest absolute Gasteiger partial charge is 0.466 e. The van der Waals surface area contributed by atoms with E-state index in [-0.39, 0.29) is 24.3 Å². The van der Waals surface area contributed by atoms with E-state index >= 15 is 0 Å². The minimum atomic E-state index is -0.331. The van der Waals surface area contributed by atoms with Gasteiger partial charge >= 0.3 is 5.97 Å². The molecule has 0 fully saturated rings. The number of rotatable bonds is 5. The molecule has 0 aliphatic carbocycles. The van der Waals surface area contributed by atoms with Gasteiger partial charge < -0.3 is 10.1 Å². The maximum Gasteiger partial charge on any atom is 0.310 e. The molecule has 1 aromatic carbocycles. The first-order valence-corrected chi connectivity index (χ1v) is 5.65. The van der Waals surface area contributed by atoms with Crippen LogP contribution in [0.15, 0.2) is 30.3 Å². The molecule has 4 nitrogen and oxygen atoms in total. The molecule has 92 valence electrons. The molecule has 0 spiro atoms. The summed E-state index contributed by atoms with van der Waals surface area (Å²) in [6, 6.07) is 8.89. The van der Waals surface area contributed by atoms with E-state index in [9.17, 15) is 9.59 Å². The highest BCUT2D eigenvalue weighted by Gasteiger charge is 2.15. The van der Waals surface area contributed by atoms with Crippen LogP contribution in [0.25, 0.3) is 0 Å². The second-order valence-electron chi connectivity index (χ2n) is 3.73. The van der Waals surface area contributed by atoms with Crippen LogP contribution in [0.1, 0.15) is 24.2 Å². The van der Waals surface area contributed by atoms with Crippen molar-refractivity contribution < 1.29 is 14.3 Å². The van der Waals surface area contributed by atoms with Gasteiger partial charge in [-0.25, -0.2) is 0 Å². The van der Waals surface area contributed by atoms with Crippen LogP contribution in [0, 0.1) is 5.92 Å². The number of hydrogen-bond donors (Lipinski definition) is 1. The maximum absolute atomic E-state index is 11.7. The molecular formula is C13H17NO3. The van der Waals surface area contributed by atoms with Gasteiger partial charge in [0.25, 0.3) is 5.91 Å². The monoisotopic (exact) mass is 235 g/mol. The highest BCUT2D eigenvalue weighted by molar-refractivity contribution is 5.94. The van der Waals surface area contributed by atoms with E-state index in [4.69, 9.17) is 4.74 Å². The van der Waals surface area contributed by atoms with E-state index in [0.717, 1.165) is 0 Å². The molecule has 0 saturated carbocycles. The molecule has 1 aromatic rings. The summed E-state index contributed by atoms with van der Waals surface area (Å²) in [7, 11) is 0. The minimum absolute atomic E-state index is 0.179. The molecule has 0 bridgehead atoms. The van der Waals surface area contributed by atoms with E-state index in [1.807, 2.05) is 6.07 Å². The van der Waals surface area contributed by atoms with Gasteiger partial charge in [-0.05, 0) is 19.1 Å². The highest BCUT2D eigenvalue weighted by Crippen LogP contribution is 2.00. The van der Waals surface area contributed by atoms with Gasteiger partial charge in [0.15, 0.2) is 0 Å². The molecule has 1 amide bonds. The standard InChI is InChI=1S/C13H17NO3/c1-3-17-13(16)10(2)9-14-12(15)11-7-5-4-6-8-11/h4-8,10H,3,9H2,1-2H3,(H,14,15). The first kappa shape index (κ1) is 13.2. The fourth-order valence-corrected chi connectivity index (χ4v) is 1.31. The summed E-state index contributed by atoms with van der Waals surface area (Å²) >= 11 is 0. The molecule has 4 heteroatoms. The van der Waals surface area contributed by atoms with Gasteiger partial charge in [-0.2, -0.15) is 0 Å². The predicted octanol–water partition coefficient (Wildman–Crippen LogP) is 1.62. The fraction of sp³-hybridized carbons (Fsp3) is 0.385. The van der Waals surface area contributed by atoms with Crippen LogP contribution in [-0.4, -0.2) is 25.0 Å². The van der Waals surface area contributed by atoms with E-state index in [0.29, 0.717) is 12.2 Å². The third-order valence-electron chi connectivity index (χ3n) is 2.29. The first-order valence-electron chi connectivity index (χ1n) is 5.65. The van der Waals surface area contributed by atoms with Crippen molar-refractivity contribution in [2.24, 2.45) is 5.92 Å². The molecule has 1 atom stereocenters. The van der Waals surface area contributed by atoms with E-state index in [1.54, 1.807) is 38.1 Å². The average molecular weight is 235 g/mol. The second kappa shape index (κ2) is 6.68. The Morgan fingerprint density at radius 3 is 2.53 bits per heavy atom. The summed E-state index contributed by atoms with van der Waals surface area (Å²) in [6.07, 6.45) is 0. The number of nitrogens with one attached hydrogen (secondary N) is 1. The quantitative estimate of drug-likeness (QED) is 0.789. The zero-order chi connectivity index (χ0) is 12.7. The Kier molecular flexibility index (Phi) is 5.20. The molecule has 17 heavy (non-hydrogen) atoms. The Balaban J connectivity index is 2.41. The summed E-state index contributed by atoms with van der Waals surface area (Å²) in [4.78, 5) is 23.0. The summed E-state index contributed by atoms with van der Waals surface area (Å²) in [6.45, 7) is 4.12. The Morgan fingerprint density at radius 1 is 1.29 bits per heavy atom. The van der Waals surface area contributed by atoms with Crippen LogP contribution in [0.5, 0.6) is 0 Å². The van der Waals surface area contributed by atoms with Crippen molar-refractivity contribution in [3.63, 3.8) is 0 Å². The first-order chi connectivity index (χ1) is 8.15. The molecule has 1 unspecified atom stereocenters. The third-order valence-corrected chi connectivity index (χ3v) is 2.29. The smallest absolute Gasteiger partial charge is 0.310 e. The highest BCUT2D eigenvalue weighted by atomic mass is 16.5. The van der Waals surface area contributed by atoms with Crippen molar-refractivity contribution in [1.29, 1.82) is 0 Å². The van der Waals surface area contributed by atoms with Crippen LogP contribution in [0.4, 0.5) is 0 Å². The lowest BCUT2D eigenvalue weighted by Gasteiger charge is -2.11. The van der Waals surface area contributed by atoms with Crippen molar-refractivity contribution in [2.45, 2.75) is 13.8 Å². The zero-order valence-corrected chi connectivity index (χ0v) is 10.1. The average Bonchev–Trinajstić information content (AvgIpc) is 2.36. The van der Waals surface area contributed by atoms with Gasteiger partial charge in [-0.1, -0.05) is 25.1 Å². The van der Waals surface area contributed by atoms with E-state index < -0.39 is 0 Å². The summed E-state index contributed by atoms with van der Waals surface area (Å²) < 4.78 is 4.85. The van der Waals surface area contributed by atoms with E-state index in [1.165, 1.54) is 0 Å². The fourth-order valence-electron chi connectivity index (χ4n) is 1.31. The van der Waals surface area contributed by atoms with Gasteiger partial charge in [0, 0.05) is 12.1 Å². The summed E-state index contributed by atoms with van der Waals surface area (Å²) in [5.41, 5.74) is 0.587. The molecule has 0 saturated heterocycles. The minimum Gasteiger partial charge on any atom is -0.466 e. The zero-order valence-electron chi connectivity index (χ0n) is 10.1. The van der Waals surface area contributed by atoms with Gasteiger partial charge in [0.05, 0.1) is 12.5 Å². The number of carbonyl (C=O) groups is 2. The van der Waals surface area contributed by atoms with Crippen molar-refractivity contribution in [1.82, 2.24) is 5.32 Å². The van der Waals surface area contributed by atoms with Gasteiger partial charge in [0.2, 0.25) is 0 Å². The number of hydrogen-bond acceptors (Lipinski definition) is 3. The van der Waals surface area contributed by atoms with Gasteiger partial charge in [-0.3, -0.25) is 9.59 Å². The molecule has 0 radical (unpaired) electrons. The number of amides is 1. The third kappa shape index (κ3) is 4.26. The van der Waals surface area contributed by atoms with Gasteiger partial charge in [0.1, 0.15) is 0 Å². The Bertz CT molecular complexity index is 376. The summed E-state index contributed by atoms with van der Waals surface area (Å²) in [5.74, 6) is -0.801. The lowest BCUT2D eigenvalue weighted by Crippen LogP contribution is -2.32. The van der Waals surface area contributed by atoms with E-state index in [2.05, 4.69) is 5.32 Å². The molecule has 0 heterocycles. The van der Waals surface area contributed by atoms with Crippen molar-refractivity contribution in [2.75, 3.05) is 13.2 Å². The molecule has 1 N–H and O–H groups in total. The second-order valence-corrected chi connectivity index (χ2v) is 3.73. The predicted molar refractivity (Wildman–Crippen MR) is 64.6 cm³/mol. The van der Waals surface area contributed by atoms with Gasteiger partial charge in [-0.15, -0.1) is 0 Å². The Morgan fingerprint density at radius 2 is 1.94 bits per heavy atom.